The van der Waals surface area contributed by atoms with Crippen molar-refractivity contribution in [2.45, 2.75) is 32.9 Å². The number of ether oxygens (including phenoxy) is 2. The molecule has 0 fully saturated rings. The van der Waals surface area contributed by atoms with E-state index in [-0.39, 0.29) is 28.2 Å². The third kappa shape index (κ3) is 7.56. The summed E-state index contributed by atoms with van der Waals surface area (Å²) in [6.07, 6.45) is -0.504. The number of hydrogen-bond acceptors (Lipinski definition) is 7. The average molecular weight is 481 g/mol. The molecule has 0 radical (unpaired) electrons. The molecule has 0 unspecified atom stereocenters. The molecule has 176 valence electrons. The third-order valence-electron chi connectivity index (χ3n) is 4.02. The normalized spacial score (nSPS) is 11.6. The monoisotopic (exact) mass is 481 g/mol. The van der Waals surface area contributed by atoms with Crippen LogP contribution in [0.3, 0.4) is 0 Å². The summed E-state index contributed by atoms with van der Waals surface area (Å²) in [5.41, 5.74) is 0.0460. The van der Waals surface area contributed by atoms with Gasteiger partial charge in [0.2, 0.25) is 5.91 Å². The van der Waals surface area contributed by atoms with Gasteiger partial charge in [0.15, 0.2) is 0 Å². The first-order chi connectivity index (χ1) is 15.5. The predicted octanol–water partition coefficient (Wildman–Crippen LogP) is 4.02. The van der Waals surface area contributed by atoms with Gasteiger partial charge in [-0.3, -0.25) is 4.79 Å². The Bertz CT molecular complexity index is 1070. The topological polar surface area (TPSA) is 119 Å². The minimum atomic E-state index is -1.34. The van der Waals surface area contributed by atoms with Crippen LogP contribution in [-0.4, -0.2) is 46.2 Å². The molecule has 0 aliphatic heterocycles. The molecule has 2 rings (SSSR count). The second-order valence-corrected chi connectivity index (χ2v) is 8.00. The molecular weight excluding hydrogens is 460 g/mol. The molecule has 33 heavy (non-hydrogen) atoms. The quantitative estimate of drug-likeness (QED) is 0.543. The number of halogens is 2. The maximum absolute atomic E-state index is 14.2. The highest BCUT2D eigenvalue weighted by atomic mass is 32.2. The fourth-order valence-corrected chi connectivity index (χ4v) is 3.32. The first kappa shape index (κ1) is 25.8. The summed E-state index contributed by atoms with van der Waals surface area (Å²) in [6, 6.07) is 5.49. The number of nitrogens with one attached hydrogen (secondary N) is 1. The Balaban J connectivity index is 2.29. The van der Waals surface area contributed by atoms with E-state index in [1.54, 1.807) is 13.8 Å². The molecule has 0 heterocycles. The highest BCUT2D eigenvalue weighted by Crippen LogP contribution is 2.30. The zero-order chi connectivity index (χ0) is 24.7. The summed E-state index contributed by atoms with van der Waals surface area (Å²) in [6.45, 7) is 4.35. The lowest BCUT2D eigenvalue weighted by atomic mass is 10.0. The molecule has 0 spiro atoms. The largest absolute Gasteiger partial charge is 0.480 e. The fourth-order valence-electron chi connectivity index (χ4n) is 2.64. The SMILES string of the molecule is CC(=O)N[C@@H](CSC(=O)Oc1ccc(-c2ccc(F)cc2F)cc1C(=O)OC(C)C)C(=O)O. The molecule has 2 N–H and O–H groups in total. The van der Waals surface area contributed by atoms with Crippen LogP contribution in [0.4, 0.5) is 13.6 Å². The maximum Gasteiger partial charge on any atom is 0.372 e. The molecule has 0 aliphatic rings. The minimum absolute atomic E-state index is 0.0156. The zero-order valence-electron chi connectivity index (χ0n) is 17.9. The number of hydrogen-bond donors (Lipinski definition) is 2. The number of amides is 1. The first-order valence-electron chi connectivity index (χ1n) is 9.63. The number of carbonyl (C=O) groups excluding carboxylic acids is 3. The Morgan fingerprint density at radius 1 is 1.09 bits per heavy atom. The van der Waals surface area contributed by atoms with Crippen molar-refractivity contribution in [3.8, 4) is 16.9 Å². The highest BCUT2D eigenvalue weighted by molar-refractivity contribution is 8.13. The summed E-state index contributed by atoms with van der Waals surface area (Å²) in [5.74, 6) is -4.90. The zero-order valence-corrected chi connectivity index (χ0v) is 18.7. The molecule has 2 aromatic rings. The maximum atomic E-state index is 14.2. The van der Waals surface area contributed by atoms with E-state index in [2.05, 4.69) is 5.32 Å². The second kappa shape index (κ2) is 11.4. The first-order valence-corrected chi connectivity index (χ1v) is 10.6. The predicted molar refractivity (Wildman–Crippen MR) is 116 cm³/mol. The highest BCUT2D eigenvalue weighted by Gasteiger charge is 2.23. The molecule has 11 heteroatoms. The number of carbonyl (C=O) groups is 4. The van der Waals surface area contributed by atoms with Gasteiger partial charge in [-0.1, -0.05) is 6.07 Å². The van der Waals surface area contributed by atoms with E-state index >= 15 is 0 Å². The van der Waals surface area contributed by atoms with Gasteiger partial charge < -0.3 is 19.9 Å². The molecule has 0 bridgehead atoms. The van der Waals surface area contributed by atoms with Crippen molar-refractivity contribution in [3.05, 3.63) is 53.6 Å². The summed E-state index contributed by atoms with van der Waals surface area (Å²) < 4.78 is 37.8. The van der Waals surface area contributed by atoms with E-state index in [4.69, 9.17) is 14.6 Å². The van der Waals surface area contributed by atoms with Gasteiger partial charge in [-0.05, 0) is 55.4 Å². The van der Waals surface area contributed by atoms with Crippen LogP contribution < -0.4 is 10.1 Å². The molecule has 0 saturated carbocycles. The van der Waals surface area contributed by atoms with Gasteiger partial charge in [0, 0.05) is 24.3 Å². The molecule has 1 amide bonds. The van der Waals surface area contributed by atoms with Gasteiger partial charge in [-0.2, -0.15) is 0 Å². The Kier molecular flexibility index (Phi) is 8.92. The standard InChI is InChI=1S/C22H21F2NO7S/c1-11(2)31-21(29)16-8-13(15-6-5-14(23)9-17(15)24)4-7-19(16)32-22(30)33-10-18(20(27)28)25-12(3)26/h4-9,11,18H,10H2,1-3H3,(H,25,26)(H,27,28)/t18-/m0/s1. The van der Waals surface area contributed by atoms with Crippen molar-refractivity contribution in [1.29, 1.82) is 0 Å². The Labute approximate surface area is 192 Å². The summed E-state index contributed by atoms with van der Waals surface area (Å²) in [5, 5.41) is 10.4. The molecule has 0 aromatic heterocycles. The van der Waals surface area contributed by atoms with Gasteiger partial charge in [0.05, 0.1) is 6.10 Å². The molecule has 8 nitrogen and oxygen atoms in total. The van der Waals surface area contributed by atoms with Gasteiger partial charge in [0.25, 0.3) is 0 Å². The van der Waals surface area contributed by atoms with Crippen molar-refractivity contribution in [2.75, 3.05) is 5.75 Å². The van der Waals surface area contributed by atoms with Crippen LogP contribution in [0.1, 0.15) is 31.1 Å². The van der Waals surface area contributed by atoms with Crippen molar-refractivity contribution in [2.24, 2.45) is 0 Å². The number of aliphatic carboxylic acids is 1. The van der Waals surface area contributed by atoms with Crippen LogP contribution in [0, 0.1) is 11.6 Å². The number of thioether (sulfide) groups is 1. The Morgan fingerprint density at radius 3 is 2.36 bits per heavy atom. The third-order valence-corrected chi connectivity index (χ3v) is 4.84. The molecule has 0 aliphatic carbocycles. The number of carboxylic acids is 1. The lowest BCUT2D eigenvalue weighted by molar-refractivity contribution is -0.140. The summed E-state index contributed by atoms with van der Waals surface area (Å²) >= 11 is 0.478. The van der Waals surface area contributed by atoms with E-state index in [1.807, 2.05) is 0 Å². The van der Waals surface area contributed by atoms with Crippen LogP contribution in [0.5, 0.6) is 5.75 Å². The van der Waals surface area contributed by atoms with E-state index < -0.39 is 46.9 Å². The van der Waals surface area contributed by atoms with Crippen molar-refractivity contribution >= 4 is 34.9 Å². The van der Waals surface area contributed by atoms with Crippen LogP contribution in [-0.2, 0) is 14.3 Å². The number of rotatable bonds is 8. The summed E-state index contributed by atoms with van der Waals surface area (Å²) in [4.78, 5) is 47.1. The van der Waals surface area contributed by atoms with Gasteiger partial charge >= 0.3 is 17.2 Å². The van der Waals surface area contributed by atoms with Crippen LogP contribution in [0.2, 0.25) is 0 Å². The van der Waals surface area contributed by atoms with E-state index in [1.165, 1.54) is 24.3 Å². The van der Waals surface area contributed by atoms with E-state index in [0.29, 0.717) is 17.8 Å². The van der Waals surface area contributed by atoms with Gasteiger partial charge in [0.1, 0.15) is 29.0 Å². The number of carboxylic acid groups (broad SMARTS) is 1. The Hall–Kier alpha value is -3.47. The molecular formula is C22H21F2NO7S. The van der Waals surface area contributed by atoms with Crippen molar-refractivity contribution in [3.63, 3.8) is 0 Å². The molecule has 0 saturated heterocycles. The fraction of sp³-hybridized carbons (Fsp3) is 0.273. The van der Waals surface area contributed by atoms with Crippen molar-refractivity contribution in [1.82, 2.24) is 5.32 Å². The van der Waals surface area contributed by atoms with Crippen LogP contribution in [0.25, 0.3) is 11.1 Å². The van der Waals surface area contributed by atoms with Crippen molar-refractivity contribution < 1.29 is 42.5 Å². The van der Waals surface area contributed by atoms with Crippen LogP contribution in [0.15, 0.2) is 36.4 Å². The molecule has 1 atom stereocenters. The van der Waals surface area contributed by atoms with E-state index in [9.17, 15) is 28.0 Å². The average Bonchev–Trinajstić information content (AvgIpc) is 2.70. The van der Waals surface area contributed by atoms with E-state index in [0.717, 1.165) is 13.0 Å². The molecule has 2 aromatic carbocycles. The lowest BCUT2D eigenvalue weighted by Crippen LogP contribution is -2.41. The number of benzene rings is 2. The van der Waals surface area contributed by atoms with Gasteiger partial charge in [-0.15, -0.1) is 0 Å². The Morgan fingerprint density at radius 2 is 1.79 bits per heavy atom. The minimum Gasteiger partial charge on any atom is -0.480 e. The summed E-state index contributed by atoms with van der Waals surface area (Å²) in [7, 11) is 0. The van der Waals surface area contributed by atoms with Gasteiger partial charge in [-0.25, -0.2) is 23.2 Å². The lowest BCUT2D eigenvalue weighted by Gasteiger charge is -2.15. The second-order valence-electron chi connectivity index (χ2n) is 7.04. The smallest absolute Gasteiger partial charge is 0.372 e. The van der Waals surface area contributed by atoms with Crippen LogP contribution >= 0.6 is 11.8 Å². The number of esters is 1.